The van der Waals surface area contributed by atoms with E-state index in [4.69, 9.17) is 0 Å². The Morgan fingerprint density at radius 1 is 1.00 bits per heavy atom. The summed E-state index contributed by atoms with van der Waals surface area (Å²) in [5, 5.41) is 12.4. The molecule has 0 saturated heterocycles. The molecule has 1 aliphatic heterocycles. The highest BCUT2D eigenvalue weighted by atomic mass is 32.2. The van der Waals surface area contributed by atoms with Crippen molar-refractivity contribution in [2.45, 2.75) is 54.7 Å². The standard InChI is InChI=1S/C26H22F7N3O4S/c27-18-6-9-21(10-7-18)41(39,40)36-20(14-23(37)35-15-19-3-1-2-12-34-19)8-4-16-13-17(5-11-22(16)36)24(38,25(28,29)30)26(31,32)33/h1-3,5-7,9-13,20,38H,4,8,14-15H2,(H,35,37)/t20-/m0/s1. The SMILES string of the molecule is O=C(C[C@@H]1CCc2cc(C(O)(C(F)(F)F)C(F)(F)F)ccc2N1S(=O)(=O)c1ccc(F)cc1)NCc1ccccn1. The van der Waals surface area contributed by atoms with Crippen molar-refractivity contribution in [2.75, 3.05) is 4.31 Å². The van der Waals surface area contributed by atoms with Crippen LogP contribution in [-0.4, -0.2) is 42.8 Å². The Hall–Kier alpha value is -3.72. The summed E-state index contributed by atoms with van der Waals surface area (Å²) in [6, 6.07) is 9.04. The number of hydrogen-bond donors (Lipinski definition) is 2. The summed E-state index contributed by atoms with van der Waals surface area (Å²) in [6.45, 7) is 0.0184. The minimum Gasteiger partial charge on any atom is -0.369 e. The minimum atomic E-state index is -6.14. The second kappa shape index (κ2) is 10.9. The highest BCUT2D eigenvalue weighted by molar-refractivity contribution is 7.92. The summed E-state index contributed by atoms with van der Waals surface area (Å²) >= 11 is 0. The van der Waals surface area contributed by atoms with Gasteiger partial charge < -0.3 is 10.4 Å². The van der Waals surface area contributed by atoms with Gasteiger partial charge in [-0.3, -0.25) is 14.1 Å². The number of nitrogens with zero attached hydrogens (tertiary/aromatic N) is 2. The number of amides is 1. The number of nitrogens with one attached hydrogen (secondary N) is 1. The first-order valence-electron chi connectivity index (χ1n) is 12.0. The van der Waals surface area contributed by atoms with Gasteiger partial charge in [0.15, 0.2) is 0 Å². The number of benzene rings is 2. The number of aromatic nitrogens is 1. The number of hydrogen-bond acceptors (Lipinski definition) is 5. The first-order valence-corrected chi connectivity index (χ1v) is 13.5. The van der Waals surface area contributed by atoms with Gasteiger partial charge in [0.25, 0.3) is 15.6 Å². The van der Waals surface area contributed by atoms with Crippen molar-refractivity contribution in [3.05, 3.63) is 89.5 Å². The van der Waals surface area contributed by atoms with Crippen LogP contribution in [0.25, 0.3) is 0 Å². The van der Waals surface area contributed by atoms with Crippen LogP contribution >= 0.6 is 0 Å². The quantitative estimate of drug-likeness (QED) is 0.379. The zero-order chi connectivity index (χ0) is 30.2. The number of aliphatic hydroxyl groups is 1. The van der Waals surface area contributed by atoms with Crippen molar-refractivity contribution in [2.24, 2.45) is 0 Å². The monoisotopic (exact) mass is 605 g/mol. The fourth-order valence-electron chi connectivity index (χ4n) is 4.56. The van der Waals surface area contributed by atoms with E-state index in [2.05, 4.69) is 10.3 Å². The Morgan fingerprint density at radius 2 is 1.66 bits per heavy atom. The predicted octanol–water partition coefficient (Wildman–Crippen LogP) is 4.75. The number of aryl methyl sites for hydroxylation is 1. The lowest BCUT2D eigenvalue weighted by atomic mass is 9.87. The Bertz CT molecular complexity index is 1500. The van der Waals surface area contributed by atoms with E-state index in [0.29, 0.717) is 17.8 Å². The molecular weight excluding hydrogens is 583 g/mol. The zero-order valence-electron chi connectivity index (χ0n) is 20.9. The van der Waals surface area contributed by atoms with Crippen LogP contribution in [0, 0.1) is 5.82 Å². The molecule has 7 nitrogen and oxygen atoms in total. The number of alkyl halides is 6. The summed E-state index contributed by atoms with van der Waals surface area (Å²) in [4.78, 5) is 16.4. The molecule has 0 radical (unpaired) electrons. The Labute approximate surface area is 229 Å². The average molecular weight is 606 g/mol. The van der Waals surface area contributed by atoms with Crippen LogP contribution in [0.5, 0.6) is 0 Å². The molecule has 15 heteroatoms. The molecule has 2 heterocycles. The van der Waals surface area contributed by atoms with Gasteiger partial charge in [-0.25, -0.2) is 12.8 Å². The van der Waals surface area contributed by atoms with Crippen molar-refractivity contribution in [3.8, 4) is 0 Å². The largest absolute Gasteiger partial charge is 0.430 e. The first kappa shape index (κ1) is 30.2. The van der Waals surface area contributed by atoms with E-state index in [1.165, 1.54) is 6.20 Å². The lowest BCUT2D eigenvalue weighted by molar-refractivity contribution is -0.376. The molecule has 4 rings (SSSR count). The minimum absolute atomic E-state index is 0.0184. The van der Waals surface area contributed by atoms with Gasteiger partial charge in [-0.05, 0) is 60.9 Å². The molecule has 0 spiro atoms. The van der Waals surface area contributed by atoms with Crippen molar-refractivity contribution in [1.29, 1.82) is 0 Å². The normalized spacial score (nSPS) is 16.3. The number of carbonyl (C=O) groups is 1. The number of carbonyl (C=O) groups excluding carboxylic acids is 1. The first-order chi connectivity index (χ1) is 19.1. The average Bonchev–Trinajstić information content (AvgIpc) is 2.90. The van der Waals surface area contributed by atoms with Crippen LogP contribution in [0.2, 0.25) is 0 Å². The van der Waals surface area contributed by atoms with Gasteiger partial charge in [-0.15, -0.1) is 0 Å². The molecule has 0 bridgehead atoms. The summed E-state index contributed by atoms with van der Waals surface area (Å²) in [6.07, 6.45) is -11.6. The molecule has 220 valence electrons. The molecule has 41 heavy (non-hydrogen) atoms. The smallest absolute Gasteiger partial charge is 0.369 e. The lowest BCUT2D eigenvalue weighted by Gasteiger charge is -2.39. The van der Waals surface area contributed by atoms with E-state index < -0.39 is 62.6 Å². The molecule has 3 aromatic rings. The molecule has 2 N–H and O–H groups in total. The van der Waals surface area contributed by atoms with Crippen LogP contribution in [0.1, 0.15) is 29.7 Å². The topological polar surface area (TPSA) is 99.6 Å². The maximum absolute atomic E-state index is 13.7. The summed E-state index contributed by atoms with van der Waals surface area (Å²) in [7, 11) is -4.59. The van der Waals surface area contributed by atoms with E-state index in [-0.39, 0.29) is 30.6 Å². The Balaban J connectivity index is 1.74. The molecule has 0 fully saturated rings. The van der Waals surface area contributed by atoms with E-state index in [0.717, 1.165) is 34.6 Å². The third-order valence-corrected chi connectivity index (χ3v) is 8.50. The molecule has 1 atom stereocenters. The van der Waals surface area contributed by atoms with Crippen molar-refractivity contribution >= 4 is 21.6 Å². The highest BCUT2D eigenvalue weighted by Crippen LogP contribution is 2.51. The summed E-state index contributed by atoms with van der Waals surface area (Å²) in [5.41, 5.74) is -6.75. The van der Waals surface area contributed by atoms with E-state index in [9.17, 15) is 49.1 Å². The molecule has 0 saturated carbocycles. The number of halogens is 7. The van der Waals surface area contributed by atoms with Crippen LogP contribution in [-0.2, 0) is 33.4 Å². The van der Waals surface area contributed by atoms with Crippen molar-refractivity contribution in [3.63, 3.8) is 0 Å². The van der Waals surface area contributed by atoms with Crippen LogP contribution in [0.4, 0.5) is 36.4 Å². The zero-order valence-corrected chi connectivity index (χ0v) is 21.7. The predicted molar refractivity (Wildman–Crippen MR) is 131 cm³/mol. The van der Waals surface area contributed by atoms with Gasteiger partial charge in [-0.2, -0.15) is 26.3 Å². The van der Waals surface area contributed by atoms with Crippen LogP contribution in [0.15, 0.2) is 71.8 Å². The molecule has 1 aromatic heterocycles. The fraction of sp³-hybridized carbons (Fsp3) is 0.308. The second-order valence-electron chi connectivity index (χ2n) is 9.30. The summed E-state index contributed by atoms with van der Waals surface area (Å²) < 4.78 is 123. The lowest BCUT2D eigenvalue weighted by Crippen LogP contribution is -2.54. The molecule has 1 aliphatic rings. The van der Waals surface area contributed by atoms with Crippen molar-refractivity contribution < 1.29 is 49.1 Å². The van der Waals surface area contributed by atoms with Gasteiger partial charge in [0.1, 0.15) is 5.82 Å². The number of rotatable bonds is 7. The number of anilines is 1. The van der Waals surface area contributed by atoms with E-state index >= 15 is 0 Å². The number of sulfonamides is 1. The maximum atomic E-state index is 13.7. The second-order valence-corrected chi connectivity index (χ2v) is 11.1. The van der Waals surface area contributed by atoms with Gasteiger partial charge >= 0.3 is 12.4 Å². The third-order valence-electron chi connectivity index (χ3n) is 6.62. The van der Waals surface area contributed by atoms with Crippen LogP contribution in [0.3, 0.4) is 0 Å². The van der Waals surface area contributed by atoms with E-state index in [1.54, 1.807) is 18.2 Å². The van der Waals surface area contributed by atoms with Gasteiger partial charge in [0.05, 0.1) is 28.9 Å². The highest BCUT2D eigenvalue weighted by Gasteiger charge is 2.71. The molecule has 1 amide bonds. The van der Waals surface area contributed by atoms with Gasteiger partial charge in [-0.1, -0.05) is 18.2 Å². The number of pyridine rings is 1. The van der Waals surface area contributed by atoms with E-state index in [1.807, 2.05) is 0 Å². The van der Waals surface area contributed by atoms with Crippen LogP contribution < -0.4 is 9.62 Å². The third kappa shape index (κ3) is 5.86. The van der Waals surface area contributed by atoms with Gasteiger partial charge in [0.2, 0.25) is 5.91 Å². The number of fused-ring (bicyclic) bond motifs is 1. The Morgan fingerprint density at radius 3 is 2.24 bits per heavy atom. The van der Waals surface area contributed by atoms with Gasteiger partial charge in [0, 0.05) is 18.2 Å². The maximum Gasteiger partial charge on any atom is 0.430 e. The Kier molecular flexibility index (Phi) is 8.06. The van der Waals surface area contributed by atoms with Crippen molar-refractivity contribution in [1.82, 2.24) is 10.3 Å². The summed E-state index contributed by atoms with van der Waals surface area (Å²) in [5.74, 6) is -1.35. The molecule has 0 aliphatic carbocycles. The molecule has 0 unspecified atom stereocenters. The molecule has 2 aromatic carbocycles. The fourth-order valence-corrected chi connectivity index (χ4v) is 6.28. The molecular formula is C26H22F7N3O4S.